The topological polar surface area (TPSA) is 21.3 Å². The molecule has 0 amide bonds. The van der Waals surface area contributed by atoms with Crippen LogP contribution in [0.15, 0.2) is 0 Å². The Morgan fingerprint density at radius 2 is 1.94 bits per heavy atom. The van der Waals surface area contributed by atoms with Crippen molar-refractivity contribution in [2.24, 2.45) is 0 Å². The monoisotopic (exact) mass is 241 g/mol. The molecule has 98 valence electrons. The van der Waals surface area contributed by atoms with E-state index < -0.39 is 12.8 Å². The molecular formula is C11H22F3NO. The number of hydrogen-bond acceptors (Lipinski definition) is 2. The smallest absolute Gasteiger partial charge is 0.372 e. The zero-order chi connectivity index (χ0) is 12.4. The Bertz CT molecular complexity index is 162. The minimum atomic E-state index is -4.20. The van der Waals surface area contributed by atoms with Crippen LogP contribution in [0.5, 0.6) is 0 Å². The lowest BCUT2D eigenvalue weighted by molar-refractivity contribution is -0.174. The van der Waals surface area contributed by atoms with Crippen molar-refractivity contribution in [2.45, 2.75) is 51.7 Å². The van der Waals surface area contributed by atoms with E-state index in [1.54, 1.807) is 0 Å². The van der Waals surface area contributed by atoms with Crippen molar-refractivity contribution in [1.82, 2.24) is 5.32 Å². The molecular weight excluding hydrogens is 219 g/mol. The van der Waals surface area contributed by atoms with Crippen LogP contribution in [-0.2, 0) is 4.74 Å². The normalized spacial score (nSPS) is 14.1. The van der Waals surface area contributed by atoms with Gasteiger partial charge in [0.15, 0.2) is 0 Å². The van der Waals surface area contributed by atoms with Gasteiger partial charge in [0.05, 0.1) is 0 Å². The van der Waals surface area contributed by atoms with Crippen LogP contribution >= 0.6 is 0 Å². The number of unbranched alkanes of at least 4 members (excludes halogenated alkanes) is 1. The van der Waals surface area contributed by atoms with Crippen molar-refractivity contribution in [2.75, 3.05) is 19.8 Å². The van der Waals surface area contributed by atoms with Gasteiger partial charge in [-0.25, -0.2) is 0 Å². The number of ether oxygens (including phenoxy) is 1. The minimum absolute atomic E-state index is 0.194. The minimum Gasteiger partial charge on any atom is -0.372 e. The first kappa shape index (κ1) is 15.7. The molecule has 0 aliphatic rings. The summed E-state index contributed by atoms with van der Waals surface area (Å²) in [4.78, 5) is 0. The van der Waals surface area contributed by atoms with Gasteiger partial charge in [-0.05, 0) is 39.2 Å². The first-order valence-electron chi connectivity index (χ1n) is 5.83. The number of rotatable bonds is 9. The molecule has 16 heavy (non-hydrogen) atoms. The fourth-order valence-corrected chi connectivity index (χ4v) is 1.34. The van der Waals surface area contributed by atoms with Gasteiger partial charge in [-0.2, -0.15) is 13.2 Å². The van der Waals surface area contributed by atoms with E-state index in [1.165, 1.54) is 0 Å². The lowest BCUT2D eigenvalue weighted by atomic mass is 10.1. The Balaban J connectivity index is 3.20. The summed E-state index contributed by atoms with van der Waals surface area (Å²) in [6, 6.07) is 0.433. The number of nitrogens with one attached hydrogen (secondary N) is 1. The van der Waals surface area contributed by atoms with Gasteiger partial charge in [-0.15, -0.1) is 0 Å². The summed E-state index contributed by atoms with van der Waals surface area (Å²) in [5.41, 5.74) is 0. The Labute approximate surface area is 95.5 Å². The number of alkyl halides is 3. The molecule has 1 atom stereocenters. The molecule has 0 aromatic rings. The highest BCUT2D eigenvalue weighted by Crippen LogP contribution is 2.14. The fraction of sp³-hybridized carbons (Fsp3) is 1.00. The highest BCUT2D eigenvalue weighted by molar-refractivity contribution is 4.59. The third-order valence-electron chi connectivity index (χ3n) is 2.18. The molecule has 0 aromatic carbocycles. The third-order valence-corrected chi connectivity index (χ3v) is 2.18. The molecule has 1 unspecified atom stereocenters. The molecule has 0 radical (unpaired) electrons. The van der Waals surface area contributed by atoms with E-state index in [1.807, 2.05) is 0 Å². The van der Waals surface area contributed by atoms with E-state index in [0.717, 1.165) is 25.8 Å². The quantitative estimate of drug-likeness (QED) is 0.626. The van der Waals surface area contributed by atoms with Crippen molar-refractivity contribution in [3.05, 3.63) is 0 Å². The maximum absolute atomic E-state index is 11.7. The van der Waals surface area contributed by atoms with E-state index in [2.05, 4.69) is 23.9 Å². The zero-order valence-corrected chi connectivity index (χ0v) is 10.1. The molecule has 0 heterocycles. The summed E-state index contributed by atoms with van der Waals surface area (Å²) in [5, 5.41) is 3.33. The Hall–Kier alpha value is -0.290. The summed E-state index contributed by atoms with van der Waals surface area (Å²) >= 11 is 0. The molecule has 0 saturated carbocycles. The Morgan fingerprint density at radius 3 is 2.50 bits per heavy atom. The number of hydrogen-bond donors (Lipinski definition) is 1. The summed E-state index contributed by atoms with van der Waals surface area (Å²) < 4.78 is 39.6. The van der Waals surface area contributed by atoms with E-state index in [-0.39, 0.29) is 6.61 Å². The largest absolute Gasteiger partial charge is 0.411 e. The van der Waals surface area contributed by atoms with Gasteiger partial charge in [0.2, 0.25) is 0 Å². The van der Waals surface area contributed by atoms with Crippen LogP contribution in [0.4, 0.5) is 13.2 Å². The average molecular weight is 241 g/mol. The van der Waals surface area contributed by atoms with Gasteiger partial charge in [0, 0.05) is 12.6 Å². The molecule has 0 aliphatic carbocycles. The molecule has 0 aromatic heterocycles. The van der Waals surface area contributed by atoms with Gasteiger partial charge in [0.25, 0.3) is 0 Å². The van der Waals surface area contributed by atoms with Crippen molar-refractivity contribution in [3.63, 3.8) is 0 Å². The highest BCUT2D eigenvalue weighted by Gasteiger charge is 2.27. The van der Waals surface area contributed by atoms with Crippen molar-refractivity contribution in [3.8, 4) is 0 Å². The maximum atomic E-state index is 11.7. The molecule has 0 rings (SSSR count). The van der Waals surface area contributed by atoms with Gasteiger partial charge >= 0.3 is 6.18 Å². The predicted molar refractivity (Wildman–Crippen MR) is 58.5 cm³/mol. The SMILES string of the molecule is CCCNC(C)CCCCOCC(F)(F)F. The van der Waals surface area contributed by atoms with Crippen LogP contribution in [0.25, 0.3) is 0 Å². The van der Waals surface area contributed by atoms with Gasteiger partial charge in [-0.1, -0.05) is 6.92 Å². The summed E-state index contributed by atoms with van der Waals surface area (Å²) in [6.45, 7) is 4.25. The zero-order valence-electron chi connectivity index (χ0n) is 10.1. The van der Waals surface area contributed by atoms with Gasteiger partial charge in [0.1, 0.15) is 6.61 Å². The van der Waals surface area contributed by atoms with E-state index >= 15 is 0 Å². The average Bonchev–Trinajstić information content (AvgIpc) is 2.18. The first-order valence-corrected chi connectivity index (χ1v) is 5.83. The molecule has 1 N–H and O–H groups in total. The first-order chi connectivity index (χ1) is 7.45. The standard InChI is InChI=1S/C11H22F3NO/c1-3-7-15-10(2)6-4-5-8-16-9-11(12,13)14/h10,15H,3-9H2,1-2H3. The van der Waals surface area contributed by atoms with E-state index in [0.29, 0.717) is 12.5 Å². The van der Waals surface area contributed by atoms with Crippen LogP contribution < -0.4 is 5.32 Å². The lowest BCUT2D eigenvalue weighted by Gasteiger charge is -2.13. The molecule has 0 saturated heterocycles. The summed E-state index contributed by atoms with van der Waals surface area (Å²) in [5.74, 6) is 0. The van der Waals surface area contributed by atoms with Gasteiger partial charge < -0.3 is 10.1 Å². The highest BCUT2D eigenvalue weighted by atomic mass is 19.4. The van der Waals surface area contributed by atoms with Crippen LogP contribution in [0, 0.1) is 0 Å². The summed E-state index contributed by atoms with van der Waals surface area (Å²) in [6.07, 6.45) is -0.533. The lowest BCUT2D eigenvalue weighted by Crippen LogP contribution is -2.26. The maximum Gasteiger partial charge on any atom is 0.411 e. The van der Waals surface area contributed by atoms with Crippen LogP contribution in [0.2, 0.25) is 0 Å². The van der Waals surface area contributed by atoms with Crippen molar-refractivity contribution >= 4 is 0 Å². The molecule has 0 fully saturated rings. The second kappa shape index (κ2) is 8.82. The fourth-order valence-electron chi connectivity index (χ4n) is 1.34. The van der Waals surface area contributed by atoms with Crippen molar-refractivity contribution < 1.29 is 17.9 Å². The Kier molecular flexibility index (Phi) is 8.66. The van der Waals surface area contributed by atoms with Crippen LogP contribution in [0.3, 0.4) is 0 Å². The molecule has 0 bridgehead atoms. The molecule has 0 aliphatic heterocycles. The Morgan fingerprint density at radius 1 is 1.25 bits per heavy atom. The van der Waals surface area contributed by atoms with Gasteiger partial charge in [-0.3, -0.25) is 0 Å². The number of halogens is 3. The van der Waals surface area contributed by atoms with E-state index in [4.69, 9.17) is 0 Å². The second-order valence-electron chi connectivity index (χ2n) is 4.02. The second-order valence-corrected chi connectivity index (χ2v) is 4.02. The van der Waals surface area contributed by atoms with Crippen LogP contribution in [-0.4, -0.2) is 32.0 Å². The molecule has 5 heteroatoms. The summed E-state index contributed by atoms with van der Waals surface area (Å²) in [7, 11) is 0. The predicted octanol–water partition coefficient (Wildman–Crippen LogP) is 3.12. The van der Waals surface area contributed by atoms with E-state index in [9.17, 15) is 13.2 Å². The van der Waals surface area contributed by atoms with Crippen LogP contribution in [0.1, 0.15) is 39.5 Å². The molecule has 0 spiro atoms. The van der Waals surface area contributed by atoms with Crippen molar-refractivity contribution in [1.29, 1.82) is 0 Å². The third kappa shape index (κ3) is 11.8. The molecule has 2 nitrogen and oxygen atoms in total.